The van der Waals surface area contributed by atoms with Gasteiger partial charge in [0.15, 0.2) is 17.0 Å². The lowest BCUT2D eigenvalue weighted by atomic mass is 10.2. The molecule has 1 fully saturated rings. The number of quaternary nitrogens is 1. The van der Waals surface area contributed by atoms with Crippen molar-refractivity contribution in [3.8, 4) is 0 Å². The van der Waals surface area contributed by atoms with Crippen molar-refractivity contribution in [3.63, 3.8) is 0 Å². The van der Waals surface area contributed by atoms with Gasteiger partial charge in [0.05, 0.1) is 0 Å². The zero-order chi connectivity index (χ0) is 20.7. The van der Waals surface area contributed by atoms with Crippen LogP contribution in [0.25, 0.3) is 11.2 Å². The number of nitrogens with one attached hydrogen (secondary N) is 1. The minimum atomic E-state index is -0.362. The molecule has 0 radical (unpaired) electrons. The van der Waals surface area contributed by atoms with Gasteiger partial charge in [0.25, 0.3) is 5.56 Å². The molecule has 8 nitrogen and oxygen atoms in total. The zero-order valence-corrected chi connectivity index (χ0v) is 17.4. The van der Waals surface area contributed by atoms with E-state index in [9.17, 15) is 9.59 Å². The number of aromatic nitrogens is 4. The van der Waals surface area contributed by atoms with Gasteiger partial charge in [0.1, 0.15) is 31.8 Å². The van der Waals surface area contributed by atoms with E-state index in [1.165, 1.54) is 16.5 Å². The third kappa shape index (κ3) is 3.65. The molecule has 3 aromatic rings. The molecule has 0 aliphatic carbocycles. The predicted molar refractivity (Wildman–Crippen MR) is 110 cm³/mol. The summed E-state index contributed by atoms with van der Waals surface area (Å²) in [6, 6.07) is 10.0. The summed E-state index contributed by atoms with van der Waals surface area (Å²) in [6.45, 7) is 7.15. The van der Waals surface area contributed by atoms with Gasteiger partial charge >= 0.3 is 5.69 Å². The first-order valence-corrected chi connectivity index (χ1v) is 10.0. The van der Waals surface area contributed by atoms with Gasteiger partial charge in [0, 0.05) is 20.6 Å². The van der Waals surface area contributed by atoms with Gasteiger partial charge in [-0.05, 0) is 19.4 Å². The highest BCUT2D eigenvalue weighted by atomic mass is 16.5. The van der Waals surface area contributed by atoms with Gasteiger partial charge in [-0.25, -0.2) is 9.78 Å². The van der Waals surface area contributed by atoms with E-state index in [2.05, 4.69) is 13.8 Å². The first-order valence-electron chi connectivity index (χ1n) is 10.0. The van der Waals surface area contributed by atoms with E-state index in [4.69, 9.17) is 9.72 Å². The monoisotopic (exact) mass is 398 g/mol. The fourth-order valence-electron chi connectivity index (χ4n) is 4.32. The van der Waals surface area contributed by atoms with E-state index < -0.39 is 0 Å². The van der Waals surface area contributed by atoms with Crippen molar-refractivity contribution in [2.45, 2.75) is 39.1 Å². The second kappa shape index (κ2) is 7.61. The van der Waals surface area contributed by atoms with Gasteiger partial charge in [-0.1, -0.05) is 30.3 Å². The third-order valence-corrected chi connectivity index (χ3v) is 5.64. The van der Waals surface area contributed by atoms with Crippen LogP contribution in [0.5, 0.6) is 0 Å². The van der Waals surface area contributed by atoms with Crippen molar-refractivity contribution in [2.24, 2.45) is 14.1 Å². The topological polar surface area (TPSA) is 75.5 Å². The molecule has 0 bridgehead atoms. The average Bonchev–Trinajstić information content (AvgIpc) is 3.03. The molecule has 4 rings (SSSR count). The minimum absolute atomic E-state index is 0.179. The molecule has 0 amide bonds. The Balaban J connectivity index is 1.85. The van der Waals surface area contributed by atoms with Gasteiger partial charge in [-0.3, -0.25) is 13.9 Å². The molecular formula is C21H28N5O3+. The van der Waals surface area contributed by atoms with Crippen LogP contribution in [0.2, 0.25) is 0 Å². The van der Waals surface area contributed by atoms with Crippen molar-refractivity contribution in [2.75, 3.05) is 13.1 Å². The second-order valence-electron chi connectivity index (χ2n) is 8.07. The smallest absolute Gasteiger partial charge is 0.332 e. The molecule has 29 heavy (non-hydrogen) atoms. The van der Waals surface area contributed by atoms with E-state index in [0.717, 1.165) is 29.0 Å². The molecule has 2 aromatic heterocycles. The first kappa shape index (κ1) is 19.6. The molecule has 8 heteroatoms. The summed E-state index contributed by atoms with van der Waals surface area (Å²) in [5.74, 6) is 0.818. The summed E-state index contributed by atoms with van der Waals surface area (Å²) in [5.41, 5.74) is 1.33. The molecule has 1 aliphatic rings. The molecule has 1 aromatic carbocycles. The lowest BCUT2D eigenvalue weighted by Gasteiger charge is -2.32. The average molecular weight is 398 g/mol. The first-order chi connectivity index (χ1) is 13.8. The largest absolute Gasteiger partial charge is 0.364 e. The molecular weight excluding hydrogens is 370 g/mol. The Morgan fingerprint density at radius 2 is 1.72 bits per heavy atom. The Morgan fingerprint density at radius 1 is 1.07 bits per heavy atom. The fraction of sp³-hybridized carbons (Fsp3) is 0.476. The highest BCUT2D eigenvalue weighted by Gasteiger charge is 2.28. The number of aryl methyl sites for hydroxylation is 1. The Labute approximate surface area is 169 Å². The van der Waals surface area contributed by atoms with E-state index in [-0.39, 0.29) is 23.5 Å². The van der Waals surface area contributed by atoms with Crippen LogP contribution in [-0.2, 0) is 31.9 Å². The van der Waals surface area contributed by atoms with Crippen LogP contribution in [0.1, 0.15) is 25.2 Å². The standard InChI is InChI=1S/C21H27N5O3/c1-14-10-25(11-15(2)29-14)13-17-22-19-18(20(27)24(4)21(28)23(19)3)26(17)12-16-8-6-5-7-9-16/h5-9,14-15H,10-13H2,1-4H3/p+1/t14-,15+. The molecule has 0 saturated carbocycles. The van der Waals surface area contributed by atoms with Crippen LogP contribution in [0, 0.1) is 0 Å². The maximum Gasteiger partial charge on any atom is 0.332 e. The number of hydrogen-bond donors (Lipinski definition) is 1. The molecule has 0 spiro atoms. The minimum Gasteiger partial charge on any atom is -0.364 e. The van der Waals surface area contributed by atoms with Crippen LogP contribution < -0.4 is 16.1 Å². The Bertz CT molecular complexity index is 1140. The number of morpholine rings is 1. The zero-order valence-electron chi connectivity index (χ0n) is 17.4. The molecule has 1 aliphatic heterocycles. The molecule has 1 unspecified atom stereocenters. The molecule has 1 N–H and O–H groups in total. The number of rotatable bonds is 4. The van der Waals surface area contributed by atoms with Crippen molar-refractivity contribution in [1.82, 2.24) is 18.7 Å². The van der Waals surface area contributed by atoms with E-state index in [1.54, 1.807) is 7.05 Å². The van der Waals surface area contributed by atoms with Crippen molar-refractivity contribution in [1.29, 1.82) is 0 Å². The summed E-state index contributed by atoms with van der Waals surface area (Å²) in [4.78, 5) is 31.5. The highest BCUT2D eigenvalue weighted by Crippen LogP contribution is 2.14. The van der Waals surface area contributed by atoms with Crippen molar-refractivity contribution >= 4 is 11.2 Å². The van der Waals surface area contributed by atoms with Crippen LogP contribution in [-0.4, -0.2) is 44.0 Å². The number of benzene rings is 1. The van der Waals surface area contributed by atoms with Gasteiger partial charge in [-0.15, -0.1) is 0 Å². The van der Waals surface area contributed by atoms with Crippen LogP contribution in [0.4, 0.5) is 0 Å². The molecule has 3 atom stereocenters. The maximum absolute atomic E-state index is 13.0. The third-order valence-electron chi connectivity index (χ3n) is 5.64. The number of fused-ring (bicyclic) bond motifs is 1. The van der Waals surface area contributed by atoms with Gasteiger partial charge < -0.3 is 14.2 Å². The van der Waals surface area contributed by atoms with Crippen LogP contribution in [0.15, 0.2) is 39.9 Å². The molecule has 1 saturated heterocycles. The summed E-state index contributed by atoms with van der Waals surface area (Å²) >= 11 is 0. The van der Waals surface area contributed by atoms with Crippen LogP contribution in [0.3, 0.4) is 0 Å². The predicted octanol–water partition coefficient (Wildman–Crippen LogP) is -0.326. The Morgan fingerprint density at radius 3 is 2.38 bits per heavy atom. The lowest BCUT2D eigenvalue weighted by Crippen LogP contribution is -3.14. The van der Waals surface area contributed by atoms with Gasteiger partial charge in [-0.2, -0.15) is 0 Å². The highest BCUT2D eigenvalue weighted by molar-refractivity contribution is 5.71. The number of hydrogen-bond acceptors (Lipinski definition) is 4. The van der Waals surface area contributed by atoms with E-state index in [1.807, 2.05) is 34.9 Å². The number of nitrogens with zero attached hydrogens (tertiary/aromatic N) is 4. The number of ether oxygens (including phenoxy) is 1. The summed E-state index contributed by atoms with van der Waals surface area (Å²) < 4.78 is 10.5. The maximum atomic E-state index is 13.0. The molecule has 154 valence electrons. The summed E-state index contributed by atoms with van der Waals surface area (Å²) in [7, 11) is 3.18. The number of imidazole rings is 1. The fourth-order valence-corrected chi connectivity index (χ4v) is 4.32. The summed E-state index contributed by atoms with van der Waals surface area (Å²) in [6.07, 6.45) is 0.357. The summed E-state index contributed by atoms with van der Waals surface area (Å²) in [5, 5.41) is 0. The van der Waals surface area contributed by atoms with Crippen molar-refractivity contribution < 1.29 is 9.64 Å². The Kier molecular flexibility index (Phi) is 5.14. The normalized spacial score (nSPS) is 22.3. The van der Waals surface area contributed by atoms with Crippen molar-refractivity contribution in [3.05, 3.63) is 62.6 Å². The van der Waals surface area contributed by atoms with Crippen LogP contribution >= 0.6 is 0 Å². The quantitative estimate of drug-likeness (QED) is 0.653. The van der Waals surface area contributed by atoms with Gasteiger partial charge in [0.2, 0.25) is 0 Å². The second-order valence-corrected chi connectivity index (χ2v) is 8.07. The van der Waals surface area contributed by atoms with E-state index >= 15 is 0 Å². The molecule has 3 heterocycles. The lowest BCUT2D eigenvalue weighted by molar-refractivity contribution is -0.929. The Hall–Kier alpha value is -2.71. The SMILES string of the molecule is C[C@@H]1C[NH+](Cc2nc3c(c(=O)n(C)c(=O)n3C)n2Cc2ccccc2)C[C@H](C)O1. The van der Waals surface area contributed by atoms with E-state index in [0.29, 0.717) is 24.3 Å².